The molecule has 0 aliphatic carbocycles. The van der Waals surface area contributed by atoms with Gasteiger partial charge in [0.15, 0.2) is 0 Å². The molecule has 166 valence electrons. The molecule has 1 heterocycles. The number of ether oxygens (including phenoxy) is 1. The van der Waals surface area contributed by atoms with Crippen molar-refractivity contribution in [3.05, 3.63) is 77.9 Å². The second-order valence-corrected chi connectivity index (χ2v) is 8.71. The summed E-state index contributed by atoms with van der Waals surface area (Å²) in [5.74, 6) is 0.968. The summed E-state index contributed by atoms with van der Waals surface area (Å²) < 4.78 is 73.0. The Hall–Kier alpha value is -2.85. The summed E-state index contributed by atoms with van der Waals surface area (Å²) in [4.78, 5) is 4.34. The number of hydrogen-bond acceptors (Lipinski definition) is 4. The molecule has 10 heteroatoms. The molecule has 0 N–H and O–H groups in total. The number of rotatable bonds is 8. The van der Waals surface area contributed by atoms with E-state index in [0.29, 0.717) is 17.1 Å². The number of benzene rings is 2. The van der Waals surface area contributed by atoms with Crippen LogP contribution in [0, 0.1) is 0 Å². The van der Waals surface area contributed by atoms with Crippen molar-refractivity contribution in [3.8, 4) is 5.75 Å². The largest absolute Gasteiger partial charge is 0.497 e. The first kappa shape index (κ1) is 22.8. The Morgan fingerprint density at radius 1 is 1.13 bits per heavy atom. The van der Waals surface area contributed by atoms with Crippen molar-refractivity contribution in [2.24, 2.45) is 0 Å². The van der Waals surface area contributed by atoms with Crippen molar-refractivity contribution < 1.29 is 26.3 Å². The van der Waals surface area contributed by atoms with Gasteiger partial charge in [0.05, 0.1) is 24.1 Å². The highest BCUT2D eigenvalue weighted by Gasteiger charge is 2.30. The molecule has 2 aromatic carbocycles. The third kappa shape index (κ3) is 5.26. The first-order valence-electron chi connectivity index (χ1n) is 9.45. The highest BCUT2D eigenvalue weighted by Crippen LogP contribution is 2.30. The number of hydrogen-bond donors (Lipinski definition) is 0. The number of nitrogens with zero attached hydrogens (tertiary/aromatic N) is 3. The van der Waals surface area contributed by atoms with E-state index < -0.39 is 21.8 Å². The first-order chi connectivity index (χ1) is 14.6. The van der Waals surface area contributed by atoms with E-state index in [9.17, 15) is 21.6 Å². The summed E-state index contributed by atoms with van der Waals surface area (Å²) in [6, 6.07) is 11.1. The van der Waals surface area contributed by atoms with Crippen LogP contribution >= 0.6 is 0 Å². The third-order valence-electron chi connectivity index (χ3n) is 4.78. The second-order valence-electron chi connectivity index (χ2n) is 6.78. The molecular weight excluding hydrogens is 431 g/mol. The lowest BCUT2D eigenvalue weighted by molar-refractivity contribution is -0.137. The SMILES string of the molecule is CCN(Cc1nccn1Cc1cccc(C(F)(F)F)c1)S(=O)(=O)c1ccc(OC)cc1. The molecule has 0 saturated heterocycles. The summed E-state index contributed by atoms with van der Waals surface area (Å²) in [6.45, 7) is 2.03. The van der Waals surface area contributed by atoms with E-state index in [-0.39, 0.29) is 24.5 Å². The van der Waals surface area contributed by atoms with Crippen LogP contribution in [0.2, 0.25) is 0 Å². The van der Waals surface area contributed by atoms with Gasteiger partial charge in [-0.15, -0.1) is 0 Å². The molecule has 0 spiro atoms. The van der Waals surface area contributed by atoms with E-state index in [2.05, 4.69) is 4.98 Å². The Morgan fingerprint density at radius 2 is 1.84 bits per heavy atom. The highest BCUT2D eigenvalue weighted by molar-refractivity contribution is 7.89. The molecule has 3 aromatic rings. The summed E-state index contributed by atoms with van der Waals surface area (Å²) in [6.07, 6.45) is -1.32. The molecule has 0 radical (unpaired) electrons. The predicted molar refractivity (Wildman–Crippen MR) is 109 cm³/mol. The normalized spacial score (nSPS) is 12.3. The maximum Gasteiger partial charge on any atom is 0.416 e. The standard InChI is InChI=1S/C21H22F3N3O3S/c1-3-27(31(28,29)19-9-7-18(30-2)8-10-19)15-20-25-11-12-26(20)14-16-5-4-6-17(13-16)21(22,23)24/h4-13H,3,14-15H2,1-2H3. The minimum Gasteiger partial charge on any atom is -0.497 e. The maximum absolute atomic E-state index is 13.0. The van der Waals surface area contributed by atoms with Crippen LogP contribution in [-0.2, 0) is 29.3 Å². The summed E-state index contributed by atoms with van der Waals surface area (Å²) in [7, 11) is -2.30. The minimum absolute atomic E-state index is 0.0170. The third-order valence-corrected chi connectivity index (χ3v) is 6.71. The van der Waals surface area contributed by atoms with Crippen LogP contribution in [0.1, 0.15) is 23.9 Å². The molecule has 0 unspecified atom stereocenters. The average Bonchev–Trinajstić information content (AvgIpc) is 3.18. The first-order valence-corrected chi connectivity index (χ1v) is 10.9. The minimum atomic E-state index is -4.43. The van der Waals surface area contributed by atoms with Crippen LogP contribution in [0.15, 0.2) is 65.8 Å². The molecule has 31 heavy (non-hydrogen) atoms. The quantitative estimate of drug-likeness (QED) is 0.514. The fourth-order valence-electron chi connectivity index (χ4n) is 3.10. The predicted octanol–water partition coefficient (Wildman–Crippen LogP) is 4.17. The van der Waals surface area contributed by atoms with Gasteiger partial charge in [-0.05, 0) is 42.0 Å². The number of methoxy groups -OCH3 is 1. The Balaban J connectivity index is 1.82. The molecule has 6 nitrogen and oxygen atoms in total. The lowest BCUT2D eigenvalue weighted by Crippen LogP contribution is -2.31. The van der Waals surface area contributed by atoms with Gasteiger partial charge in [0.2, 0.25) is 10.0 Å². The molecule has 0 aliphatic rings. The Bertz CT molecular complexity index is 1130. The Labute approximate surface area is 179 Å². The van der Waals surface area contributed by atoms with E-state index in [1.54, 1.807) is 35.9 Å². The average molecular weight is 453 g/mol. The van der Waals surface area contributed by atoms with Crippen molar-refractivity contribution in [1.29, 1.82) is 0 Å². The highest BCUT2D eigenvalue weighted by atomic mass is 32.2. The van der Waals surface area contributed by atoms with Crippen LogP contribution in [0.25, 0.3) is 0 Å². The lowest BCUT2D eigenvalue weighted by Gasteiger charge is -2.21. The Kier molecular flexibility index (Phi) is 6.71. The Morgan fingerprint density at radius 3 is 2.45 bits per heavy atom. The fraction of sp³-hybridized carbons (Fsp3) is 0.286. The zero-order valence-electron chi connectivity index (χ0n) is 17.0. The van der Waals surface area contributed by atoms with Crippen molar-refractivity contribution in [2.75, 3.05) is 13.7 Å². The molecule has 0 aliphatic heterocycles. The fourth-order valence-corrected chi connectivity index (χ4v) is 4.50. The zero-order valence-corrected chi connectivity index (χ0v) is 17.8. The summed E-state index contributed by atoms with van der Waals surface area (Å²) >= 11 is 0. The van der Waals surface area contributed by atoms with Gasteiger partial charge in [-0.25, -0.2) is 13.4 Å². The molecule has 0 fully saturated rings. The molecule has 3 rings (SSSR count). The van der Waals surface area contributed by atoms with Gasteiger partial charge in [-0.3, -0.25) is 0 Å². The van der Waals surface area contributed by atoms with Crippen LogP contribution in [-0.4, -0.2) is 35.9 Å². The number of alkyl halides is 3. The van der Waals surface area contributed by atoms with E-state index in [0.717, 1.165) is 12.1 Å². The monoisotopic (exact) mass is 453 g/mol. The van der Waals surface area contributed by atoms with E-state index in [1.807, 2.05) is 0 Å². The van der Waals surface area contributed by atoms with Crippen molar-refractivity contribution in [1.82, 2.24) is 13.9 Å². The maximum atomic E-state index is 13.0. The molecule has 1 aromatic heterocycles. The number of halogens is 3. The van der Waals surface area contributed by atoms with Gasteiger partial charge in [-0.2, -0.15) is 17.5 Å². The summed E-state index contributed by atoms with van der Waals surface area (Å²) in [5, 5.41) is 0. The van der Waals surface area contributed by atoms with Gasteiger partial charge >= 0.3 is 6.18 Å². The second kappa shape index (κ2) is 9.11. The van der Waals surface area contributed by atoms with Crippen molar-refractivity contribution in [3.63, 3.8) is 0 Å². The summed E-state index contributed by atoms with van der Waals surface area (Å²) in [5.41, 5.74) is -0.293. The van der Waals surface area contributed by atoms with Crippen LogP contribution in [0.5, 0.6) is 5.75 Å². The van der Waals surface area contributed by atoms with E-state index in [1.165, 1.54) is 35.8 Å². The van der Waals surface area contributed by atoms with E-state index >= 15 is 0 Å². The zero-order chi connectivity index (χ0) is 22.6. The topological polar surface area (TPSA) is 64.4 Å². The van der Waals surface area contributed by atoms with Crippen LogP contribution < -0.4 is 4.74 Å². The van der Waals surface area contributed by atoms with Gasteiger partial charge < -0.3 is 9.30 Å². The number of sulfonamides is 1. The van der Waals surface area contributed by atoms with Crippen LogP contribution in [0.4, 0.5) is 13.2 Å². The van der Waals surface area contributed by atoms with E-state index in [4.69, 9.17) is 4.74 Å². The van der Waals surface area contributed by atoms with Gasteiger partial charge in [0.1, 0.15) is 11.6 Å². The molecule has 0 atom stereocenters. The molecule has 0 amide bonds. The molecule has 0 saturated carbocycles. The van der Waals surface area contributed by atoms with Crippen molar-refractivity contribution in [2.45, 2.75) is 31.1 Å². The van der Waals surface area contributed by atoms with Crippen LogP contribution in [0.3, 0.4) is 0 Å². The smallest absolute Gasteiger partial charge is 0.416 e. The molecule has 0 bridgehead atoms. The molecular formula is C21H22F3N3O3S. The lowest BCUT2D eigenvalue weighted by atomic mass is 10.1. The number of aromatic nitrogens is 2. The number of imidazole rings is 1. The van der Waals surface area contributed by atoms with Crippen molar-refractivity contribution >= 4 is 10.0 Å². The van der Waals surface area contributed by atoms with Gasteiger partial charge in [0, 0.05) is 25.5 Å². The van der Waals surface area contributed by atoms with Gasteiger partial charge in [-0.1, -0.05) is 19.1 Å². The van der Waals surface area contributed by atoms with Gasteiger partial charge in [0.25, 0.3) is 0 Å².